The van der Waals surface area contributed by atoms with Gasteiger partial charge in [0.15, 0.2) is 11.7 Å². The molecular formula is C85H118N12O27. The number of carbonyl (C=O) groups excluding carboxylic acids is 7. The van der Waals surface area contributed by atoms with Crippen molar-refractivity contribution in [3.05, 3.63) is 110 Å². The number of hydrazine groups is 1. The number of rotatable bonds is 49. The number of aromatic hydroxyl groups is 1. The Bertz CT molecular complexity index is 4750. The average molecular weight is 1740 g/mol. The lowest BCUT2D eigenvalue weighted by atomic mass is 9.90. The summed E-state index contributed by atoms with van der Waals surface area (Å²) in [6, 6.07) is 12.0. The lowest BCUT2D eigenvalue weighted by Gasteiger charge is -2.38. The number of cyclic esters (lactones) is 1. The molecule has 4 aliphatic heterocycles. The zero-order valence-corrected chi connectivity index (χ0v) is 71.8. The van der Waals surface area contributed by atoms with Gasteiger partial charge >= 0.3 is 18.0 Å². The highest BCUT2D eigenvalue weighted by Crippen LogP contribution is 2.41. The van der Waals surface area contributed by atoms with Gasteiger partial charge in [-0.15, -0.1) is 0 Å². The number of phenolic OH excluding ortho intramolecular Hbond substituents is 1. The topological polar surface area (TPSA) is 490 Å². The highest BCUT2D eigenvalue weighted by atomic mass is 16.7. The van der Waals surface area contributed by atoms with Crippen LogP contribution in [0.5, 0.6) is 11.5 Å². The summed E-state index contributed by atoms with van der Waals surface area (Å²) >= 11 is 0. The predicted molar refractivity (Wildman–Crippen MR) is 447 cm³/mol. The Kier molecular flexibility index (Phi) is 35.4. The van der Waals surface area contributed by atoms with Crippen LogP contribution in [0.25, 0.3) is 33.2 Å². The van der Waals surface area contributed by atoms with Crippen molar-refractivity contribution >= 4 is 80.7 Å². The van der Waals surface area contributed by atoms with Crippen molar-refractivity contribution in [2.24, 2.45) is 5.92 Å². The number of pyridine rings is 2. The number of aryl methyl sites for hydroxylation is 1. The number of fused-ring (bicyclic) bond motifs is 8. The summed E-state index contributed by atoms with van der Waals surface area (Å²) in [5, 5.41) is 87.8. The fraction of sp³-hybridized carbons (Fsp3) is 0.576. The molecule has 1 fully saturated rings. The Hall–Kier alpha value is -10.1. The number of esters is 1. The number of hydrogen-bond acceptors (Lipinski definition) is 30. The van der Waals surface area contributed by atoms with E-state index in [1.165, 1.54) is 53.1 Å². The molecule has 0 unspecified atom stereocenters. The number of methoxy groups -OCH3 is 1. The number of hydrogen-bond donors (Lipinski definition) is 12. The first-order valence-corrected chi connectivity index (χ1v) is 41.6. The number of carboxylic acids is 1. The van der Waals surface area contributed by atoms with E-state index in [9.17, 15) is 73.8 Å². The lowest BCUT2D eigenvalue weighted by Crippen LogP contribution is -2.61. The monoisotopic (exact) mass is 1740 g/mol. The smallest absolute Gasteiger partial charge is 0.410 e. The summed E-state index contributed by atoms with van der Waals surface area (Å²) in [6.45, 7) is 15.7. The molecule has 3 aromatic heterocycles. The summed E-state index contributed by atoms with van der Waals surface area (Å²) in [4.78, 5) is 130. The highest BCUT2D eigenvalue weighted by molar-refractivity contribution is 6.00. The highest BCUT2D eigenvalue weighted by Gasteiger charge is 2.49. The van der Waals surface area contributed by atoms with Gasteiger partial charge in [-0.1, -0.05) is 19.9 Å². The molecule has 12 N–H and O–H groups in total. The molecule has 680 valence electrons. The molecule has 7 heterocycles. The van der Waals surface area contributed by atoms with E-state index in [-0.39, 0.29) is 117 Å². The van der Waals surface area contributed by atoms with Crippen LogP contribution in [0.4, 0.5) is 16.2 Å². The van der Waals surface area contributed by atoms with Crippen LogP contribution >= 0.6 is 0 Å². The van der Waals surface area contributed by atoms with E-state index < -0.39 is 120 Å². The summed E-state index contributed by atoms with van der Waals surface area (Å²) < 4.78 is 69.8. The maximum Gasteiger partial charge on any atom is 0.410 e. The molecule has 124 heavy (non-hydrogen) atoms. The van der Waals surface area contributed by atoms with Gasteiger partial charge in [0.2, 0.25) is 35.8 Å². The maximum atomic E-state index is 14.5. The quantitative estimate of drug-likeness (QED) is 0.0193. The number of aliphatic hydroxyl groups excluding tert-OH is 3. The van der Waals surface area contributed by atoms with Gasteiger partial charge in [0.25, 0.3) is 5.56 Å². The Morgan fingerprint density at radius 2 is 1.33 bits per heavy atom. The van der Waals surface area contributed by atoms with Gasteiger partial charge in [0, 0.05) is 111 Å². The Morgan fingerprint density at radius 3 is 1.96 bits per heavy atom. The molecule has 6 aromatic rings. The van der Waals surface area contributed by atoms with Crippen molar-refractivity contribution in [3.8, 4) is 22.9 Å². The van der Waals surface area contributed by atoms with Crippen molar-refractivity contribution in [2.45, 2.75) is 180 Å². The molecule has 0 aliphatic carbocycles. The number of amides is 6. The molecule has 0 bridgehead atoms. The SMILES string of the molecule is CNc1ccc2c(c1)c1c(n2CCC(=O)NCCCC[C@H](NC(=O)CCOCCOCCOCCOCCOCCOCCOCCOC)C(=O)N[C@H](C(=O)N[C@@H](C)C(=O)Nc2ccc(COC(=O)N(Cc3c(O)ccc4nc5c(cc34)Cn3c-5cc4c(c3=O)COC(=O)[C@@]4(C)O)C(C)C)cc2O[C@@H]2O[C@H](C(=O)O)[C@@H](O)[C@H](O)[C@H]2O)C(C)C)CN(C)N(C)C1. The molecule has 0 saturated carbocycles. The van der Waals surface area contributed by atoms with Crippen LogP contribution in [-0.4, -0.2) is 296 Å². The fourth-order valence-electron chi connectivity index (χ4n) is 14.6. The van der Waals surface area contributed by atoms with E-state index in [1.54, 1.807) is 53.0 Å². The molecule has 6 amide bonds. The summed E-state index contributed by atoms with van der Waals surface area (Å²) in [6.07, 6.45) is -10.4. The van der Waals surface area contributed by atoms with Crippen molar-refractivity contribution in [1.82, 2.24) is 50.3 Å². The number of nitrogens with one attached hydrogen (secondary N) is 6. The van der Waals surface area contributed by atoms with Crippen LogP contribution in [0.3, 0.4) is 0 Å². The standard InChI is InChI=1S/C85H118N12O27/c1-49(2)71(92-78(105)63(89-70(100)21-24-114-27-28-116-31-32-118-35-36-120-38-37-119-34-33-117-30-29-115-26-25-113-10)13-11-12-22-87-69(99)20-23-95-64-18-15-54(86-7)41-56(64)57-44-93(8)94(9)46-66(57)95)79(106)88-51(5)77(104)91-62-16-14-52(39-68(62)123-82-75(103)73(101)74(102)76(124-82)81(108)109)47-122-84(111)96(50(3)4)45-58-55-40-53-43-97-65(72(53)90-61(55)17-19-67(58)98)42-60-59(80(97)107)48-121-83(110)85(60,6)112/h14-19,39-42,49-51,63,71,73-76,82,86,98,101-103,112H,11-13,20-38,43-48H2,1-10H3,(H,87,99)(H,88,106)(H,89,100)(H,91,104)(H,92,105)(H,108,109)/t51-,63-,71-,73-,74-,75+,76-,82+,85-/m0/s1. The zero-order chi connectivity index (χ0) is 89.5. The molecule has 39 heteroatoms. The molecule has 0 spiro atoms. The number of aromatic nitrogens is 3. The summed E-state index contributed by atoms with van der Waals surface area (Å²) in [5.74, 6) is -6.91. The minimum atomic E-state index is -2.12. The zero-order valence-electron chi connectivity index (χ0n) is 71.8. The average Bonchev–Trinajstić information content (AvgIpc) is 1.54. The van der Waals surface area contributed by atoms with E-state index in [1.807, 2.05) is 27.2 Å². The summed E-state index contributed by atoms with van der Waals surface area (Å²) in [7, 11) is 7.54. The molecule has 4 aliphatic rings. The van der Waals surface area contributed by atoms with Crippen LogP contribution in [-0.2, 0) is 137 Å². The number of nitrogens with zero attached hydrogens (tertiary/aromatic N) is 6. The second-order valence-corrected chi connectivity index (χ2v) is 31.4. The van der Waals surface area contributed by atoms with Crippen molar-refractivity contribution in [2.75, 3.05) is 145 Å². The molecule has 1 saturated heterocycles. The Labute approximate surface area is 717 Å². The van der Waals surface area contributed by atoms with Gasteiger partial charge in [0.05, 0.1) is 147 Å². The van der Waals surface area contributed by atoms with Gasteiger partial charge in [-0.05, 0) is 119 Å². The number of phenols is 1. The third-order valence-corrected chi connectivity index (χ3v) is 21.8. The fourth-order valence-corrected chi connectivity index (χ4v) is 14.6. The summed E-state index contributed by atoms with van der Waals surface area (Å²) in [5.41, 5.74) is 3.95. The second-order valence-electron chi connectivity index (χ2n) is 31.4. The number of benzene rings is 3. The number of carbonyl (C=O) groups is 8. The second kappa shape index (κ2) is 45.7. The Balaban J connectivity index is 0.749. The van der Waals surface area contributed by atoms with E-state index in [2.05, 4.69) is 58.6 Å². The lowest BCUT2D eigenvalue weighted by molar-refractivity contribution is -0.271. The molecule has 10 rings (SSSR count). The van der Waals surface area contributed by atoms with Gasteiger partial charge in [0.1, 0.15) is 61.2 Å². The first-order valence-electron chi connectivity index (χ1n) is 41.6. The molecular weight excluding hydrogens is 1620 g/mol. The van der Waals surface area contributed by atoms with Crippen LogP contribution in [0, 0.1) is 5.92 Å². The molecule has 0 radical (unpaired) electrons. The number of aliphatic hydroxyl groups is 4. The van der Waals surface area contributed by atoms with Gasteiger partial charge in [-0.3, -0.25) is 28.8 Å². The van der Waals surface area contributed by atoms with Crippen LogP contribution < -0.4 is 42.2 Å². The van der Waals surface area contributed by atoms with Crippen LogP contribution in [0.2, 0.25) is 0 Å². The predicted octanol–water partition coefficient (Wildman–Crippen LogP) is 2.60. The van der Waals surface area contributed by atoms with Crippen LogP contribution in [0.15, 0.2) is 65.5 Å². The number of ether oxygens (including phenoxy) is 12. The van der Waals surface area contributed by atoms with Gasteiger partial charge < -0.3 is 133 Å². The number of carboxylic acid groups (broad SMARTS) is 1. The van der Waals surface area contributed by atoms with Gasteiger partial charge in [-0.25, -0.2) is 29.4 Å². The maximum absolute atomic E-state index is 14.5. The number of aliphatic carboxylic acids is 1. The number of unbranched alkanes of at least 4 members (excludes halogenated alkanes) is 1. The minimum Gasteiger partial charge on any atom is -0.508 e. The first kappa shape index (κ1) is 96.1. The molecule has 3 aromatic carbocycles. The molecule has 9 atom stereocenters. The van der Waals surface area contributed by atoms with Crippen molar-refractivity contribution in [3.63, 3.8) is 0 Å². The Morgan fingerprint density at radius 1 is 0.685 bits per heavy atom. The van der Waals surface area contributed by atoms with E-state index in [0.29, 0.717) is 133 Å². The third-order valence-electron chi connectivity index (χ3n) is 21.8. The minimum absolute atomic E-state index is 0.0264. The normalized spacial score (nSPS) is 18.8. The van der Waals surface area contributed by atoms with Crippen molar-refractivity contribution < 1.29 is 126 Å². The van der Waals surface area contributed by atoms with Crippen LogP contribution in [0.1, 0.15) is 113 Å². The molecule has 39 nitrogen and oxygen atoms in total. The largest absolute Gasteiger partial charge is 0.508 e. The van der Waals surface area contributed by atoms with Gasteiger partial charge in [-0.2, -0.15) is 0 Å². The van der Waals surface area contributed by atoms with E-state index in [4.69, 9.17) is 61.8 Å². The van der Waals surface area contributed by atoms with Crippen molar-refractivity contribution in [1.29, 1.82) is 0 Å². The number of anilines is 2. The first-order chi connectivity index (χ1) is 59.4. The third kappa shape index (κ3) is 25.0. The van der Waals surface area contributed by atoms with E-state index in [0.717, 1.165) is 22.3 Å². The van der Waals surface area contributed by atoms with E-state index >= 15 is 0 Å².